The fraction of sp³-hybridized carbons (Fsp3) is 0.581. The van der Waals surface area contributed by atoms with Crippen LogP contribution in [0.3, 0.4) is 0 Å². The zero-order chi connectivity index (χ0) is 28.9. The molecule has 1 spiro atoms. The van der Waals surface area contributed by atoms with Crippen molar-refractivity contribution in [2.45, 2.75) is 69.1 Å². The van der Waals surface area contributed by atoms with Gasteiger partial charge in [0.25, 0.3) is 5.91 Å². The first-order valence-electron chi connectivity index (χ1n) is 14.2. The molecule has 1 aromatic rings. The average molecular weight is 555 g/mol. The van der Waals surface area contributed by atoms with Crippen molar-refractivity contribution in [1.82, 2.24) is 4.90 Å². The fourth-order valence-corrected chi connectivity index (χ4v) is 6.71. The number of hydrogen-bond acceptors (Lipinski definition) is 7. The van der Waals surface area contributed by atoms with Gasteiger partial charge >= 0.3 is 5.97 Å². The minimum atomic E-state index is -1.14. The number of fused-ring (bicyclic) bond motifs is 1. The van der Waals surface area contributed by atoms with Crippen molar-refractivity contribution in [3.05, 3.63) is 49.6 Å². The molecule has 0 radical (unpaired) electrons. The molecule has 2 amide bonds. The van der Waals surface area contributed by atoms with Gasteiger partial charge in [0.15, 0.2) is 0 Å². The summed E-state index contributed by atoms with van der Waals surface area (Å²) in [6.07, 6.45) is 7.93. The van der Waals surface area contributed by atoms with Gasteiger partial charge in [-0.3, -0.25) is 14.4 Å². The molecule has 218 valence electrons. The molecular formula is C31H42N2O7. The molecule has 3 aliphatic heterocycles. The minimum Gasteiger partial charge on any atom is -0.497 e. The van der Waals surface area contributed by atoms with Crippen LogP contribution < -0.4 is 9.64 Å². The lowest BCUT2D eigenvalue weighted by molar-refractivity contribution is -0.159. The maximum atomic E-state index is 14.5. The predicted octanol–water partition coefficient (Wildman–Crippen LogP) is 3.65. The van der Waals surface area contributed by atoms with Crippen molar-refractivity contribution in [2.75, 3.05) is 38.3 Å². The van der Waals surface area contributed by atoms with Gasteiger partial charge in [-0.2, -0.15) is 0 Å². The fourth-order valence-electron chi connectivity index (χ4n) is 6.71. The number of carbonyl (C=O) groups is 3. The third-order valence-corrected chi connectivity index (χ3v) is 8.58. The van der Waals surface area contributed by atoms with E-state index in [4.69, 9.17) is 14.2 Å². The van der Waals surface area contributed by atoms with Crippen molar-refractivity contribution in [3.8, 4) is 5.75 Å². The molecule has 9 nitrogen and oxygen atoms in total. The topological polar surface area (TPSA) is 106 Å². The summed E-state index contributed by atoms with van der Waals surface area (Å²) < 4.78 is 17.6. The SMILES string of the molecule is C=CCCCCOC(=O)[C@H]1[C@H]2C(=O)N(CCCCO)C(C(=O)N(CC=C)c3ccc(OC)cc3)C23CC[C@]1(C)O3. The van der Waals surface area contributed by atoms with Gasteiger partial charge < -0.3 is 29.1 Å². The van der Waals surface area contributed by atoms with E-state index in [-0.39, 0.29) is 38.1 Å². The van der Waals surface area contributed by atoms with Crippen LogP contribution >= 0.6 is 0 Å². The number of allylic oxidation sites excluding steroid dienone is 1. The molecular weight excluding hydrogens is 512 g/mol. The van der Waals surface area contributed by atoms with Crippen LogP contribution in [-0.2, 0) is 23.9 Å². The Balaban J connectivity index is 1.68. The number of carbonyl (C=O) groups excluding carboxylic acids is 3. The highest BCUT2D eigenvalue weighted by atomic mass is 16.6. The number of hydrogen-bond donors (Lipinski definition) is 1. The zero-order valence-corrected chi connectivity index (χ0v) is 23.7. The summed E-state index contributed by atoms with van der Waals surface area (Å²) in [4.78, 5) is 45.2. The maximum absolute atomic E-state index is 14.5. The molecule has 0 saturated carbocycles. The second kappa shape index (κ2) is 12.6. The molecule has 0 aliphatic carbocycles. The van der Waals surface area contributed by atoms with E-state index >= 15 is 0 Å². The number of nitrogens with zero attached hydrogens (tertiary/aromatic N) is 2. The van der Waals surface area contributed by atoms with E-state index in [9.17, 15) is 19.5 Å². The normalized spacial score (nSPS) is 28.3. The standard InChI is InChI=1S/C31H42N2O7/c1-5-7-8-11-21-39-29(37)25-24-27(35)33(19-9-10-20-34)26(31(24)17-16-30(25,3)40-31)28(36)32(18-6-2)22-12-14-23(38-4)15-13-22/h5-6,12-15,24-26,34H,1-2,7-11,16-21H2,3-4H3/t24-,25+,26?,30-,31?/m0/s1. The van der Waals surface area contributed by atoms with E-state index in [0.29, 0.717) is 43.5 Å². The Hall–Kier alpha value is -3.17. The lowest BCUT2D eigenvalue weighted by Crippen LogP contribution is -2.56. The first-order valence-corrected chi connectivity index (χ1v) is 14.2. The lowest BCUT2D eigenvalue weighted by atomic mass is 9.66. The average Bonchev–Trinajstić information content (AvgIpc) is 3.52. The Morgan fingerprint density at radius 1 is 1.15 bits per heavy atom. The van der Waals surface area contributed by atoms with Crippen molar-refractivity contribution < 1.29 is 33.7 Å². The van der Waals surface area contributed by atoms with Gasteiger partial charge in [0.2, 0.25) is 5.91 Å². The van der Waals surface area contributed by atoms with Crippen LogP contribution in [0.1, 0.15) is 51.9 Å². The zero-order valence-electron chi connectivity index (χ0n) is 23.7. The van der Waals surface area contributed by atoms with E-state index in [2.05, 4.69) is 13.2 Å². The largest absolute Gasteiger partial charge is 0.497 e. The number of ether oxygens (including phenoxy) is 3. The van der Waals surface area contributed by atoms with E-state index in [1.165, 1.54) is 0 Å². The maximum Gasteiger partial charge on any atom is 0.312 e. The number of methoxy groups -OCH3 is 1. The summed E-state index contributed by atoms with van der Waals surface area (Å²) >= 11 is 0. The molecule has 9 heteroatoms. The van der Waals surface area contributed by atoms with Crippen molar-refractivity contribution >= 4 is 23.5 Å². The molecule has 0 aromatic heterocycles. The van der Waals surface area contributed by atoms with Crippen LogP contribution in [0.25, 0.3) is 0 Å². The van der Waals surface area contributed by atoms with Gasteiger partial charge in [-0.05, 0) is 76.1 Å². The van der Waals surface area contributed by atoms with Gasteiger partial charge in [0.1, 0.15) is 23.3 Å². The number of amides is 2. The van der Waals surface area contributed by atoms with Crippen LogP contribution in [0.15, 0.2) is 49.6 Å². The van der Waals surface area contributed by atoms with E-state index in [1.807, 2.05) is 13.0 Å². The third kappa shape index (κ3) is 5.29. The third-order valence-electron chi connectivity index (χ3n) is 8.58. The Morgan fingerprint density at radius 2 is 1.90 bits per heavy atom. The molecule has 3 heterocycles. The van der Waals surface area contributed by atoms with E-state index in [0.717, 1.165) is 12.8 Å². The molecule has 2 bridgehead atoms. The lowest BCUT2D eigenvalue weighted by Gasteiger charge is -2.36. The van der Waals surface area contributed by atoms with Crippen molar-refractivity contribution in [2.24, 2.45) is 11.8 Å². The Labute approximate surface area is 236 Å². The number of likely N-dealkylation sites (tertiary alicyclic amines) is 1. The number of anilines is 1. The molecule has 2 unspecified atom stereocenters. The summed E-state index contributed by atoms with van der Waals surface area (Å²) in [5.41, 5.74) is -1.39. The molecule has 3 saturated heterocycles. The van der Waals surface area contributed by atoms with Crippen molar-refractivity contribution in [1.29, 1.82) is 0 Å². The van der Waals surface area contributed by atoms with Crippen LogP contribution in [-0.4, -0.2) is 78.4 Å². The molecule has 1 aromatic carbocycles. The van der Waals surface area contributed by atoms with Crippen LogP contribution in [0.5, 0.6) is 5.75 Å². The predicted molar refractivity (Wildman–Crippen MR) is 151 cm³/mol. The van der Waals surface area contributed by atoms with Gasteiger partial charge in [0.05, 0.1) is 25.2 Å². The second-order valence-corrected chi connectivity index (χ2v) is 11.1. The summed E-state index contributed by atoms with van der Waals surface area (Å²) in [5, 5.41) is 9.39. The minimum absolute atomic E-state index is 0.0149. The highest BCUT2D eigenvalue weighted by Gasteiger charge is 2.78. The number of rotatable bonds is 15. The Morgan fingerprint density at radius 3 is 2.55 bits per heavy atom. The summed E-state index contributed by atoms with van der Waals surface area (Å²) in [6, 6.07) is 6.22. The number of aliphatic hydroxyl groups is 1. The second-order valence-electron chi connectivity index (χ2n) is 11.1. The van der Waals surface area contributed by atoms with Crippen LogP contribution in [0.4, 0.5) is 5.69 Å². The van der Waals surface area contributed by atoms with E-state index < -0.39 is 35.0 Å². The summed E-state index contributed by atoms with van der Waals surface area (Å²) in [6.45, 7) is 10.2. The highest BCUT2D eigenvalue weighted by molar-refractivity contribution is 6.04. The molecule has 3 fully saturated rings. The summed E-state index contributed by atoms with van der Waals surface area (Å²) in [7, 11) is 1.58. The van der Waals surface area contributed by atoms with Gasteiger partial charge in [-0.15, -0.1) is 13.2 Å². The monoisotopic (exact) mass is 554 g/mol. The van der Waals surface area contributed by atoms with E-state index in [1.54, 1.807) is 47.3 Å². The molecule has 1 N–H and O–H groups in total. The Bertz CT molecular complexity index is 1110. The van der Waals surface area contributed by atoms with Crippen LogP contribution in [0.2, 0.25) is 0 Å². The van der Waals surface area contributed by atoms with Crippen LogP contribution in [0, 0.1) is 11.8 Å². The number of esters is 1. The van der Waals surface area contributed by atoms with Gasteiger partial charge in [0, 0.05) is 25.4 Å². The van der Waals surface area contributed by atoms with Crippen molar-refractivity contribution in [3.63, 3.8) is 0 Å². The van der Waals surface area contributed by atoms with Gasteiger partial charge in [-0.25, -0.2) is 0 Å². The molecule has 5 atom stereocenters. The quantitative estimate of drug-likeness (QED) is 0.200. The number of benzene rings is 1. The molecule has 40 heavy (non-hydrogen) atoms. The first kappa shape index (κ1) is 29.8. The first-order chi connectivity index (χ1) is 19.3. The molecule has 3 aliphatic rings. The number of aliphatic hydroxyl groups excluding tert-OH is 1. The molecule has 4 rings (SSSR count). The highest BCUT2D eigenvalue weighted by Crippen LogP contribution is 2.63. The number of unbranched alkanes of at least 4 members (excludes halogenated alkanes) is 3. The Kier molecular flexibility index (Phi) is 9.36. The summed E-state index contributed by atoms with van der Waals surface area (Å²) in [5.74, 6) is -1.93. The van der Waals surface area contributed by atoms with Gasteiger partial charge in [-0.1, -0.05) is 12.2 Å². The smallest absolute Gasteiger partial charge is 0.312 e.